The highest BCUT2D eigenvalue weighted by Crippen LogP contribution is 2.26. The number of ether oxygens (including phenoxy) is 1. The molecular weight excluding hydrogens is 216 g/mol. The predicted molar refractivity (Wildman–Crippen MR) is 66.8 cm³/mol. The van der Waals surface area contributed by atoms with Crippen molar-refractivity contribution in [1.82, 2.24) is 10.6 Å². The largest absolute Gasteiger partial charge is 0.381 e. The maximum atomic E-state index is 12.3. The highest BCUT2D eigenvalue weighted by Gasteiger charge is 2.35. The summed E-state index contributed by atoms with van der Waals surface area (Å²) < 4.78 is 5.41. The molecule has 0 aromatic heterocycles. The molecule has 0 aromatic rings. The zero-order chi connectivity index (χ0) is 12.1. The van der Waals surface area contributed by atoms with Crippen LogP contribution in [0.1, 0.15) is 39.0 Å². The van der Waals surface area contributed by atoms with Crippen LogP contribution >= 0.6 is 0 Å². The van der Waals surface area contributed by atoms with E-state index in [0.29, 0.717) is 6.04 Å². The molecule has 2 rings (SSSR count). The Kier molecular flexibility index (Phi) is 4.40. The Morgan fingerprint density at radius 3 is 3.00 bits per heavy atom. The molecule has 2 aliphatic rings. The smallest absolute Gasteiger partial charge is 0.227 e. The lowest BCUT2D eigenvalue weighted by Crippen LogP contribution is -2.51. The van der Waals surface area contributed by atoms with Crippen molar-refractivity contribution in [3.8, 4) is 0 Å². The number of rotatable bonds is 2. The fourth-order valence-corrected chi connectivity index (χ4v) is 2.66. The van der Waals surface area contributed by atoms with Crippen LogP contribution in [0.25, 0.3) is 0 Å². The Labute approximate surface area is 103 Å². The molecule has 0 aliphatic carbocycles. The van der Waals surface area contributed by atoms with Crippen molar-refractivity contribution in [3.63, 3.8) is 0 Å². The molecule has 2 saturated heterocycles. The van der Waals surface area contributed by atoms with Crippen LogP contribution in [0.5, 0.6) is 0 Å². The number of hydrogen-bond donors (Lipinski definition) is 2. The van der Waals surface area contributed by atoms with E-state index < -0.39 is 0 Å². The highest BCUT2D eigenvalue weighted by molar-refractivity contribution is 5.82. The van der Waals surface area contributed by atoms with Crippen LogP contribution in [0.15, 0.2) is 0 Å². The minimum Gasteiger partial charge on any atom is -0.381 e. The van der Waals surface area contributed by atoms with Gasteiger partial charge < -0.3 is 15.4 Å². The maximum absolute atomic E-state index is 12.3. The van der Waals surface area contributed by atoms with E-state index in [1.165, 1.54) is 0 Å². The van der Waals surface area contributed by atoms with Gasteiger partial charge in [0.25, 0.3) is 0 Å². The van der Waals surface area contributed by atoms with Crippen LogP contribution in [0.2, 0.25) is 0 Å². The Morgan fingerprint density at radius 2 is 2.24 bits per heavy atom. The number of hydrogen-bond acceptors (Lipinski definition) is 3. The third-order valence-corrected chi connectivity index (χ3v) is 3.93. The van der Waals surface area contributed by atoms with Gasteiger partial charge in [-0.3, -0.25) is 4.79 Å². The van der Waals surface area contributed by atoms with Crippen LogP contribution in [-0.4, -0.2) is 38.3 Å². The highest BCUT2D eigenvalue weighted by atomic mass is 16.5. The lowest BCUT2D eigenvalue weighted by Gasteiger charge is -2.34. The summed E-state index contributed by atoms with van der Waals surface area (Å²) in [4.78, 5) is 12.3. The van der Waals surface area contributed by atoms with Gasteiger partial charge in [-0.1, -0.05) is 0 Å². The van der Waals surface area contributed by atoms with E-state index in [0.717, 1.165) is 58.4 Å². The zero-order valence-electron chi connectivity index (χ0n) is 10.8. The van der Waals surface area contributed by atoms with Crippen molar-refractivity contribution in [1.29, 1.82) is 0 Å². The van der Waals surface area contributed by atoms with Crippen LogP contribution in [0, 0.1) is 5.41 Å². The Morgan fingerprint density at radius 1 is 1.35 bits per heavy atom. The molecule has 0 radical (unpaired) electrons. The van der Waals surface area contributed by atoms with E-state index in [1.54, 1.807) is 0 Å². The number of amides is 1. The molecule has 1 amide bonds. The number of piperidine rings is 1. The molecule has 0 saturated carbocycles. The first-order valence-corrected chi connectivity index (χ1v) is 6.80. The Balaban J connectivity index is 1.86. The minimum absolute atomic E-state index is 0.217. The summed E-state index contributed by atoms with van der Waals surface area (Å²) >= 11 is 0. The van der Waals surface area contributed by atoms with Crippen LogP contribution in [-0.2, 0) is 9.53 Å². The molecule has 2 atom stereocenters. The number of carbonyl (C=O) groups is 1. The summed E-state index contributed by atoms with van der Waals surface area (Å²) in [5.74, 6) is 0.219. The van der Waals surface area contributed by atoms with Crippen molar-refractivity contribution in [2.45, 2.75) is 45.1 Å². The second-order valence-corrected chi connectivity index (χ2v) is 5.55. The third kappa shape index (κ3) is 3.42. The molecule has 2 fully saturated rings. The first-order chi connectivity index (χ1) is 8.21. The van der Waals surface area contributed by atoms with E-state index in [2.05, 4.69) is 17.6 Å². The van der Waals surface area contributed by atoms with E-state index in [-0.39, 0.29) is 11.3 Å². The Hall–Kier alpha value is -0.610. The van der Waals surface area contributed by atoms with Crippen molar-refractivity contribution in [3.05, 3.63) is 0 Å². The van der Waals surface area contributed by atoms with Gasteiger partial charge in [-0.2, -0.15) is 0 Å². The van der Waals surface area contributed by atoms with Gasteiger partial charge in [-0.25, -0.2) is 0 Å². The first kappa shape index (κ1) is 12.8. The summed E-state index contributed by atoms with van der Waals surface area (Å²) in [5, 5.41) is 6.53. The fourth-order valence-electron chi connectivity index (χ4n) is 2.66. The SMILES string of the molecule is CC1(C(=O)NC2CCCOCC2)CCCNC1. The summed E-state index contributed by atoms with van der Waals surface area (Å²) in [6.45, 7) is 5.54. The van der Waals surface area contributed by atoms with Gasteiger partial charge in [-0.05, 0) is 45.6 Å². The summed E-state index contributed by atoms with van der Waals surface area (Å²) in [7, 11) is 0. The maximum Gasteiger partial charge on any atom is 0.227 e. The quantitative estimate of drug-likeness (QED) is 0.759. The predicted octanol–water partition coefficient (Wildman–Crippen LogP) is 1.06. The molecule has 0 aromatic carbocycles. The molecule has 2 aliphatic heterocycles. The van der Waals surface area contributed by atoms with Crippen molar-refractivity contribution >= 4 is 5.91 Å². The van der Waals surface area contributed by atoms with Gasteiger partial charge in [0, 0.05) is 25.8 Å². The second-order valence-electron chi connectivity index (χ2n) is 5.55. The zero-order valence-corrected chi connectivity index (χ0v) is 10.8. The van der Waals surface area contributed by atoms with E-state index in [1.807, 2.05) is 0 Å². The van der Waals surface area contributed by atoms with Crippen molar-refractivity contribution < 1.29 is 9.53 Å². The van der Waals surface area contributed by atoms with Gasteiger partial charge in [0.05, 0.1) is 5.41 Å². The van der Waals surface area contributed by atoms with E-state index >= 15 is 0 Å². The number of nitrogens with one attached hydrogen (secondary N) is 2. The first-order valence-electron chi connectivity index (χ1n) is 6.80. The van der Waals surface area contributed by atoms with Crippen molar-refractivity contribution in [2.75, 3.05) is 26.3 Å². The van der Waals surface area contributed by atoms with Crippen molar-refractivity contribution in [2.24, 2.45) is 5.41 Å². The molecule has 2 heterocycles. The molecule has 17 heavy (non-hydrogen) atoms. The monoisotopic (exact) mass is 240 g/mol. The molecule has 4 nitrogen and oxygen atoms in total. The third-order valence-electron chi connectivity index (χ3n) is 3.93. The normalized spacial score (nSPS) is 35.0. The van der Waals surface area contributed by atoms with Crippen LogP contribution in [0.3, 0.4) is 0 Å². The van der Waals surface area contributed by atoms with E-state index in [9.17, 15) is 4.79 Å². The molecule has 2 unspecified atom stereocenters. The minimum atomic E-state index is -0.217. The molecule has 2 N–H and O–H groups in total. The van der Waals surface area contributed by atoms with Gasteiger partial charge in [0.1, 0.15) is 0 Å². The topological polar surface area (TPSA) is 50.4 Å². The van der Waals surface area contributed by atoms with E-state index in [4.69, 9.17) is 4.74 Å². The average molecular weight is 240 g/mol. The molecular formula is C13H24N2O2. The summed E-state index contributed by atoms with van der Waals surface area (Å²) in [5.41, 5.74) is -0.217. The Bertz CT molecular complexity index is 254. The summed E-state index contributed by atoms with van der Waals surface area (Å²) in [6.07, 6.45) is 5.15. The van der Waals surface area contributed by atoms with Crippen LogP contribution in [0.4, 0.5) is 0 Å². The lowest BCUT2D eigenvalue weighted by molar-refractivity contribution is -0.131. The van der Waals surface area contributed by atoms with Gasteiger partial charge >= 0.3 is 0 Å². The molecule has 0 bridgehead atoms. The second kappa shape index (κ2) is 5.83. The van der Waals surface area contributed by atoms with Crippen LogP contribution < -0.4 is 10.6 Å². The average Bonchev–Trinajstić information content (AvgIpc) is 2.58. The van der Waals surface area contributed by atoms with Gasteiger partial charge in [0.2, 0.25) is 5.91 Å². The molecule has 0 spiro atoms. The molecule has 98 valence electrons. The fraction of sp³-hybridized carbons (Fsp3) is 0.923. The summed E-state index contributed by atoms with van der Waals surface area (Å²) in [6, 6.07) is 0.309. The lowest BCUT2D eigenvalue weighted by atomic mass is 9.81. The number of carbonyl (C=O) groups excluding carboxylic acids is 1. The molecule has 4 heteroatoms. The van der Waals surface area contributed by atoms with Gasteiger partial charge in [-0.15, -0.1) is 0 Å². The standard InChI is InChI=1S/C13H24N2O2/c1-13(6-3-7-14-10-13)12(16)15-11-4-2-8-17-9-5-11/h11,14H,2-10H2,1H3,(H,15,16). The van der Waals surface area contributed by atoms with Gasteiger partial charge in [0.15, 0.2) is 0 Å².